The molecule has 1 aliphatic carbocycles. The maximum absolute atomic E-state index is 11.9. The average Bonchev–Trinajstić information content (AvgIpc) is 2.73. The molecule has 7 nitrogen and oxygen atoms in total. The molecule has 0 heterocycles. The van der Waals surface area contributed by atoms with Crippen molar-refractivity contribution >= 4 is 11.6 Å². The number of ether oxygens (including phenoxy) is 3. The number of nitrogens with one attached hydrogen (secondary N) is 1. The predicted molar refractivity (Wildman–Crippen MR) is 112 cm³/mol. The summed E-state index contributed by atoms with van der Waals surface area (Å²) >= 11 is 0. The highest BCUT2D eigenvalue weighted by atomic mass is 16.5. The van der Waals surface area contributed by atoms with Crippen LogP contribution in [0.4, 0.5) is 5.69 Å². The minimum atomic E-state index is -0.486. The van der Waals surface area contributed by atoms with E-state index >= 15 is 0 Å². The van der Waals surface area contributed by atoms with Crippen molar-refractivity contribution in [2.45, 2.75) is 37.8 Å². The van der Waals surface area contributed by atoms with Crippen LogP contribution >= 0.6 is 0 Å². The molecule has 0 bridgehead atoms. The molecule has 7 heteroatoms. The van der Waals surface area contributed by atoms with Crippen molar-refractivity contribution in [1.29, 1.82) is 0 Å². The highest BCUT2D eigenvalue weighted by molar-refractivity contribution is 5.99. The molecule has 1 amide bonds. The molecule has 1 aliphatic rings. The Bertz CT molecular complexity index is 850. The lowest BCUT2D eigenvalue weighted by Gasteiger charge is -2.28. The number of nitrogens with two attached hydrogens (primary N) is 1. The first kappa shape index (κ1) is 20.8. The highest BCUT2D eigenvalue weighted by Gasteiger charge is 2.21. The van der Waals surface area contributed by atoms with E-state index in [1.54, 1.807) is 27.4 Å². The Morgan fingerprint density at radius 2 is 1.59 bits per heavy atom. The molecule has 0 atom stereocenters. The van der Waals surface area contributed by atoms with Gasteiger partial charge in [-0.2, -0.15) is 0 Å². The number of aliphatic hydroxyl groups is 1. The molecule has 2 aromatic carbocycles. The van der Waals surface area contributed by atoms with Crippen LogP contribution in [-0.2, 0) is 0 Å². The molecule has 4 N–H and O–H groups in total. The van der Waals surface area contributed by atoms with Crippen LogP contribution in [-0.4, -0.2) is 44.5 Å². The molecule has 0 saturated heterocycles. The Morgan fingerprint density at radius 3 is 2.10 bits per heavy atom. The van der Waals surface area contributed by atoms with Crippen molar-refractivity contribution in [3.05, 3.63) is 35.9 Å². The molecule has 1 saturated carbocycles. The van der Waals surface area contributed by atoms with Gasteiger partial charge in [-0.3, -0.25) is 4.79 Å². The number of anilines is 1. The van der Waals surface area contributed by atoms with Crippen LogP contribution in [0.5, 0.6) is 17.2 Å². The van der Waals surface area contributed by atoms with Crippen molar-refractivity contribution in [1.82, 2.24) is 0 Å². The van der Waals surface area contributed by atoms with Gasteiger partial charge in [0.25, 0.3) is 5.91 Å². The smallest absolute Gasteiger partial charge is 0.250 e. The monoisotopic (exact) mass is 400 g/mol. The van der Waals surface area contributed by atoms with E-state index in [0.29, 0.717) is 28.5 Å². The third kappa shape index (κ3) is 4.56. The Morgan fingerprint density at radius 1 is 0.966 bits per heavy atom. The van der Waals surface area contributed by atoms with Crippen molar-refractivity contribution in [2.75, 3.05) is 26.6 Å². The predicted octanol–water partition coefficient (Wildman–Crippen LogP) is 3.19. The van der Waals surface area contributed by atoms with Crippen LogP contribution in [0.3, 0.4) is 0 Å². The molecule has 0 aromatic heterocycles. The number of hydrogen-bond acceptors (Lipinski definition) is 6. The summed E-state index contributed by atoms with van der Waals surface area (Å²) < 4.78 is 16.3. The first-order valence-electron chi connectivity index (χ1n) is 9.65. The number of benzene rings is 2. The summed E-state index contributed by atoms with van der Waals surface area (Å²) in [6.45, 7) is 0. The van der Waals surface area contributed by atoms with Gasteiger partial charge >= 0.3 is 0 Å². The SMILES string of the molecule is COc1cc(-c2ccc(C(N)=O)c(NC3CCC(O)CC3)c2)cc(OC)c1OC. The molecule has 3 rings (SSSR count). The van der Waals surface area contributed by atoms with Gasteiger partial charge in [-0.05, 0) is 61.1 Å². The van der Waals surface area contributed by atoms with E-state index in [-0.39, 0.29) is 12.1 Å². The van der Waals surface area contributed by atoms with Gasteiger partial charge in [-0.15, -0.1) is 0 Å². The molecular weight excluding hydrogens is 372 g/mol. The molecule has 29 heavy (non-hydrogen) atoms. The van der Waals surface area contributed by atoms with Crippen molar-refractivity contribution < 1.29 is 24.1 Å². The van der Waals surface area contributed by atoms with Crippen molar-refractivity contribution in [3.63, 3.8) is 0 Å². The van der Waals surface area contributed by atoms with Gasteiger partial charge in [0, 0.05) is 11.7 Å². The summed E-state index contributed by atoms with van der Waals surface area (Å²) in [5.41, 5.74) is 8.45. The van der Waals surface area contributed by atoms with E-state index in [0.717, 1.165) is 36.8 Å². The molecule has 156 valence electrons. The number of aliphatic hydroxyl groups excluding tert-OH is 1. The number of hydrogen-bond donors (Lipinski definition) is 3. The Hall–Kier alpha value is -2.93. The van der Waals surface area contributed by atoms with Gasteiger partial charge in [0.2, 0.25) is 5.75 Å². The quantitative estimate of drug-likeness (QED) is 0.660. The Balaban J connectivity index is 1.99. The van der Waals surface area contributed by atoms with Gasteiger partial charge < -0.3 is 30.4 Å². The fourth-order valence-corrected chi connectivity index (χ4v) is 3.75. The van der Waals surface area contributed by atoms with Gasteiger partial charge in [-0.1, -0.05) is 6.07 Å². The minimum absolute atomic E-state index is 0.187. The summed E-state index contributed by atoms with van der Waals surface area (Å²) in [5.74, 6) is 1.14. The van der Waals surface area contributed by atoms with Crippen LogP contribution in [0.2, 0.25) is 0 Å². The molecular formula is C22H28N2O5. The summed E-state index contributed by atoms with van der Waals surface area (Å²) in [6, 6.07) is 9.39. The first-order chi connectivity index (χ1) is 14.0. The summed E-state index contributed by atoms with van der Waals surface area (Å²) in [6.07, 6.45) is 2.93. The largest absolute Gasteiger partial charge is 0.493 e. The number of amides is 1. The van der Waals surface area contributed by atoms with Crippen LogP contribution in [0.1, 0.15) is 36.0 Å². The molecule has 0 aliphatic heterocycles. The van der Waals surface area contributed by atoms with E-state index in [2.05, 4.69) is 5.32 Å². The van der Waals surface area contributed by atoms with Crippen LogP contribution in [0, 0.1) is 0 Å². The zero-order chi connectivity index (χ0) is 21.0. The van der Waals surface area contributed by atoms with Gasteiger partial charge in [0.15, 0.2) is 11.5 Å². The van der Waals surface area contributed by atoms with E-state index in [4.69, 9.17) is 19.9 Å². The first-order valence-corrected chi connectivity index (χ1v) is 9.65. The van der Waals surface area contributed by atoms with E-state index in [9.17, 15) is 9.90 Å². The maximum Gasteiger partial charge on any atom is 0.250 e. The fourth-order valence-electron chi connectivity index (χ4n) is 3.75. The van der Waals surface area contributed by atoms with Crippen molar-refractivity contribution in [3.8, 4) is 28.4 Å². The van der Waals surface area contributed by atoms with Gasteiger partial charge in [0.1, 0.15) is 0 Å². The van der Waals surface area contributed by atoms with Gasteiger partial charge in [-0.25, -0.2) is 0 Å². The zero-order valence-electron chi connectivity index (χ0n) is 17.0. The second-order valence-corrected chi connectivity index (χ2v) is 7.19. The molecule has 0 radical (unpaired) electrons. The zero-order valence-corrected chi connectivity index (χ0v) is 17.0. The third-order valence-electron chi connectivity index (χ3n) is 5.34. The Labute approximate surface area is 170 Å². The van der Waals surface area contributed by atoms with E-state index in [1.165, 1.54) is 0 Å². The van der Waals surface area contributed by atoms with Crippen LogP contribution < -0.4 is 25.3 Å². The van der Waals surface area contributed by atoms with E-state index < -0.39 is 5.91 Å². The maximum atomic E-state index is 11.9. The second kappa shape index (κ2) is 9.05. The highest BCUT2D eigenvalue weighted by Crippen LogP contribution is 2.41. The Kier molecular flexibility index (Phi) is 6.49. The summed E-state index contributed by atoms with van der Waals surface area (Å²) in [4.78, 5) is 11.9. The number of carbonyl (C=O) groups excluding carboxylic acids is 1. The fraction of sp³-hybridized carbons (Fsp3) is 0.409. The van der Waals surface area contributed by atoms with E-state index in [1.807, 2.05) is 24.3 Å². The second-order valence-electron chi connectivity index (χ2n) is 7.19. The number of rotatable bonds is 7. The van der Waals surface area contributed by atoms with Crippen LogP contribution in [0.15, 0.2) is 30.3 Å². The van der Waals surface area contributed by atoms with Crippen molar-refractivity contribution in [2.24, 2.45) is 5.73 Å². The average molecular weight is 400 g/mol. The van der Waals surface area contributed by atoms with Crippen LogP contribution in [0.25, 0.3) is 11.1 Å². The normalized spacial score (nSPS) is 18.8. The molecule has 2 aromatic rings. The summed E-state index contributed by atoms with van der Waals surface area (Å²) in [7, 11) is 4.70. The third-order valence-corrected chi connectivity index (χ3v) is 5.34. The lowest BCUT2D eigenvalue weighted by molar-refractivity contribution is 0.100. The molecule has 1 fully saturated rings. The lowest BCUT2D eigenvalue weighted by Crippen LogP contribution is -2.29. The molecule has 0 unspecified atom stereocenters. The minimum Gasteiger partial charge on any atom is -0.493 e. The number of primary amides is 1. The summed E-state index contributed by atoms with van der Waals surface area (Å²) in [5, 5.41) is 13.2. The van der Waals surface area contributed by atoms with Gasteiger partial charge in [0.05, 0.1) is 33.0 Å². The number of methoxy groups -OCH3 is 3. The lowest BCUT2D eigenvalue weighted by atomic mass is 9.92. The topological polar surface area (TPSA) is 103 Å². The number of carbonyl (C=O) groups is 1. The molecule has 0 spiro atoms. The standard InChI is InChI=1S/C22H28N2O5/c1-27-19-11-14(12-20(28-2)21(19)29-3)13-4-9-17(22(23)26)18(10-13)24-15-5-7-16(25)8-6-15/h4,9-12,15-16,24-25H,5-8H2,1-3H3,(H2,23,26).